The fourth-order valence-electron chi connectivity index (χ4n) is 4.62. The van der Waals surface area contributed by atoms with E-state index in [0.29, 0.717) is 44.4 Å². The van der Waals surface area contributed by atoms with Gasteiger partial charge in [0.15, 0.2) is 0 Å². The number of aryl methyl sites for hydroxylation is 1. The maximum Gasteiger partial charge on any atom is 0.262 e. The maximum atomic E-state index is 13.1. The van der Waals surface area contributed by atoms with Gasteiger partial charge in [0.25, 0.3) is 5.91 Å². The second kappa shape index (κ2) is 10.6. The normalized spacial score (nSPS) is 14.1. The van der Waals surface area contributed by atoms with Gasteiger partial charge in [-0.05, 0) is 56.0 Å². The highest BCUT2D eigenvalue weighted by Gasteiger charge is 2.23. The van der Waals surface area contributed by atoms with E-state index in [2.05, 4.69) is 31.6 Å². The van der Waals surface area contributed by atoms with Crippen LogP contribution in [0.25, 0.3) is 10.2 Å². The number of rotatable bonds is 7. The van der Waals surface area contributed by atoms with Gasteiger partial charge in [0.2, 0.25) is 5.91 Å². The number of thiophene rings is 1. The van der Waals surface area contributed by atoms with Crippen molar-refractivity contribution >= 4 is 50.6 Å². The van der Waals surface area contributed by atoms with Crippen molar-refractivity contribution in [3.8, 4) is 0 Å². The first-order valence-corrected chi connectivity index (χ1v) is 13.3. The summed E-state index contributed by atoms with van der Waals surface area (Å²) in [6, 6.07) is 17.0. The molecule has 1 atom stereocenters. The Morgan fingerprint density at radius 3 is 2.59 bits per heavy atom. The van der Waals surface area contributed by atoms with Crippen molar-refractivity contribution in [3.05, 3.63) is 76.4 Å². The number of anilines is 3. The van der Waals surface area contributed by atoms with Crippen LogP contribution in [0.4, 0.5) is 17.2 Å². The lowest BCUT2D eigenvalue weighted by Crippen LogP contribution is -2.41. The Morgan fingerprint density at radius 1 is 1.08 bits per heavy atom. The van der Waals surface area contributed by atoms with Gasteiger partial charge in [0.05, 0.1) is 10.3 Å². The molecule has 2 amide bonds. The molecule has 3 heterocycles. The molecule has 9 heteroatoms. The smallest absolute Gasteiger partial charge is 0.262 e. The van der Waals surface area contributed by atoms with E-state index in [1.54, 1.807) is 6.92 Å². The fourth-order valence-corrected chi connectivity index (χ4v) is 5.73. The van der Waals surface area contributed by atoms with Crippen LogP contribution in [0.5, 0.6) is 0 Å². The molecule has 0 bridgehead atoms. The van der Waals surface area contributed by atoms with Crippen LogP contribution in [-0.4, -0.2) is 40.9 Å². The van der Waals surface area contributed by atoms with E-state index in [1.165, 1.54) is 24.2 Å². The third-order valence-electron chi connectivity index (χ3n) is 6.60. The van der Waals surface area contributed by atoms with Gasteiger partial charge >= 0.3 is 0 Å². The molecule has 1 fully saturated rings. The van der Waals surface area contributed by atoms with Crippen LogP contribution in [-0.2, 0) is 11.2 Å². The number of nitrogens with zero attached hydrogens (tertiary/aromatic N) is 3. The van der Waals surface area contributed by atoms with Crippen molar-refractivity contribution in [2.75, 3.05) is 29.0 Å². The summed E-state index contributed by atoms with van der Waals surface area (Å²) in [4.78, 5) is 38.6. The fraction of sp³-hybridized carbons (Fsp3) is 0.286. The van der Waals surface area contributed by atoms with E-state index in [-0.39, 0.29) is 11.8 Å². The van der Waals surface area contributed by atoms with E-state index in [9.17, 15) is 9.59 Å². The molecule has 0 radical (unpaired) electrons. The molecule has 5 rings (SSSR count). The van der Waals surface area contributed by atoms with E-state index >= 15 is 0 Å². The average molecular weight is 515 g/mol. The number of hydrogen-bond donors (Lipinski definition) is 3. The van der Waals surface area contributed by atoms with Crippen LogP contribution in [0.3, 0.4) is 0 Å². The zero-order valence-corrected chi connectivity index (χ0v) is 21.8. The van der Waals surface area contributed by atoms with Crippen LogP contribution in [0.2, 0.25) is 0 Å². The predicted molar refractivity (Wildman–Crippen MR) is 149 cm³/mol. The first kappa shape index (κ1) is 24.7. The zero-order valence-electron chi connectivity index (χ0n) is 21.0. The minimum absolute atomic E-state index is 0.282. The summed E-state index contributed by atoms with van der Waals surface area (Å²) in [6.07, 6.45) is 2.92. The van der Waals surface area contributed by atoms with Crippen LogP contribution >= 0.6 is 11.3 Å². The van der Waals surface area contributed by atoms with E-state index in [0.717, 1.165) is 24.3 Å². The van der Waals surface area contributed by atoms with Gasteiger partial charge in [-0.3, -0.25) is 9.59 Å². The van der Waals surface area contributed by atoms with Gasteiger partial charge in [0.1, 0.15) is 22.5 Å². The highest BCUT2D eigenvalue weighted by Crippen LogP contribution is 2.33. The van der Waals surface area contributed by atoms with Gasteiger partial charge in [-0.2, -0.15) is 0 Å². The molecule has 0 spiro atoms. The van der Waals surface area contributed by atoms with Crippen molar-refractivity contribution in [1.29, 1.82) is 0 Å². The van der Waals surface area contributed by atoms with Gasteiger partial charge in [-0.1, -0.05) is 36.4 Å². The van der Waals surface area contributed by atoms with Gasteiger partial charge < -0.3 is 21.3 Å². The lowest BCUT2D eigenvalue weighted by atomic mass is 10.1. The Balaban J connectivity index is 1.28. The van der Waals surface area contributed by atoms with E-state index < -0.39 is 6.04 Å². The topological polar surface area (TPSA) is 113 Å². The first-order valence-electron chi connectivity index (χ1n) is 12.4. The maximum absolute atomic E-state index is 13.1. The van der Waals surface area contributed by atoms with Crippen molar-refractivity contribution < 1.29 is 9.59 Å². The highest BCUT2D eigenvalue weighted by atomic mass is 32.1. The number of benzene rings is 2. The summed E-state index contributed by atoms with van der Waals surface area (Å²) in [6.45, 7) is 5.56. The molecule has 4 N–H and O–H groups in total. The molecule has 2 aromatic heterocycles. The van der Waals surface area contributed by atoms with Crippen molar-refractivity contribution in [1.82, 2.24) is 15.3 Å². The van der Waals surface area contributed by atoms with Crippen molar-refractivity contribution in [3.63, 3.8) is 0 Å². The SMILES string of the molecule is Cc1c(C(=O)NC(C)C(=O)Nc2cccc(N3CCCC3)c2)sc2nc(Cc3ccccc3)nc(N)c12. The van der Waals surface area contributed by atoms with Crippen LogP contribution in [0.1, 0.15) is 46.4 Å². The lowest BCUT2D eigenvalue weighted by molar-refractivity contribution is -0.117. The second-order valence-electron chi connectivity index (χ2n) is 9.35. The number of carbonyl (C=O) groups excluding carboxylic acids is 2. The average Bonchev–Trinajstić information content (AvgIpc) is 3.53. The third-order valence-corrected chi connectivity index (χ3v) is 7.79. The standard InChI is InChI=1S/C28H30N6O2S/c1-17-23-25(29)32-22(15-19-9-4-3-5-10-19)33-28(23)37-24(17)27(36)30-18(2)26(35)31-20-11-8-12-21(16-20)34-13-6-7-14-34/h3-5,8-12,16,18H,6-7,13-15H2,1-2H3,(H,30,36)(H,31,35)(H2,29,32,33). The molecule has 0 saturated carbocycles. The van der Waals surface area contributed by atoms with Gasteiger partial charge in [-0.25, -0.2) is 9.97 Å². The minimum atomic E-state index is -0.732. The molecule has 1 saturated heterocycles. The van der Waals surface area contributed by atoms with Gasteiger partial charge in [-0.15, -0.1) is 11.3 Å². The number of nitrogens with one attached hydrogen (secondary N) is 2. The number of nitrogens with two attached hydrogens (primary N) is 1. The summed E-state index contributed by atoms with van der Waals surface area (Å²) < 4.78 is 0. The predicted octanol–water partition coefficient (Wildman–Crippen LogP) is 4.53. The summed E-state index contributed by atoms with van der Waals surface area (Å²) >= 11 is 1.26. The quantitative estimate of drug-likeness (QED) is 0.334. The molecule has 1 aliphatic heterocycles. The third kappa shape index (κ3) is 5.41. The number of amides is 2. The van der Waals surface area contributed by atoms with E-state index in [4.69, 9.17) is 5.73 Å². The molecular formula is C28H30N6O2S. The number of hydrogen-bond acceptors (Lipinski definition) is 7. The summed E-state index contributed by atoms with van der Waals surface area (Å²) in [5.41, 5.74) is 9.88. The summed E-state index contributed by atoms with van der Waals surface area (Å²) in [5, 5.41) is 6.43. The summed E-state index contributed by atoms with van der Waals surface area (Å²) in [5.74, 6) is 0.342. The van der Waals surface area contributed by atoms with Crippen LogP contribution in [0.15, 0.2) is 54.6 Å². The Bertz CT molecular complexity index is 1450. The molecule has 37 heavy (non-hydrogen) atoms. The molecule has 1 aliphatic rings. The molecular weight excluding hydrogens is 484 g/mol. The Morgan fingerprint density at radius 2 is 1.84 bits per heavy atom. The van der Waals surface area contributed by atoms with E-state index in [1.807, 2.05) is 55.5 Å². The highest BCUT2D eigenvalue weighted by molar-refractivity contribution is 7.20. The Hall–Kier alpha value is -3.98. The molecule has 0 aliphatic carbocycles. The number of carbonyl (C=O) groups is 2. The van der Waals surface area contributed by atoms with Crippen molar-refractivity contribution in [2.45, 2.75) is 39.2 Å². The number of aromatic nitrogens is 2. The van der Waals surface area contributed by atoms with Crippen LogP contribution < -0.4 is 21.3 Å². The molecule has 4 aromatic rings. The number of fused-ring (bicyclic) bond motifs is 1. The Kier molecular flexibility index (Phi) is 7.05. The van der Waals surface area contributed by atoms with Gasteiger partial charge in [0, 0.05) is 30.9 Å². The molecule has 8 nitrogen and oxygen atoms in total. The largest absolute Gasteiger partial charge is 0.383 e. The molecule has 2 aromatic carbocycles. The lowest BCUT2D eigenvalue weighted by Gasteiger charge is -2.19. The zero-order chi connectivity index (χ0) is 25.9. The van der Waals surface area contributed by atoms with Crippen LogP contribution in [0, 0.1) is 6.92 Å². The Labute approximate surface area is 219 Å². The monoisotopic (exact) mass is 514 g/mol. The first-order chi connectivity index (χ1) is 17.9. The second-order valence-corrected chi connectivity index (χ2v) is 10.4. The van der Waals surface area contributed by atoms with Crippen molar-refractivity contribution in [2.24, 2.45) is 0 Å². The summed E-state index contributed by atoms with van der Waals surface area (Å²) in [7, 11) is 0. The molecule has 190 valence electrons. The molecule has 1 unspecified atom stereocenters. The number of nitrogen functional groups attached to an aromatic ring is 1. The minimum Gasteiger partial charge on any atom is -0.383 e.